The van der Waals surface area contributed by atoms with Crippen molar-refractivity contribution in [1.29, 1.82) is 0 Å². The largest absolute Gasteiger partial charge is 0.384 e. The highest BCUT2D eigenvalue weighted by atomic mass is 19.1. The van der Waals surface area contributed by atoms with Crippen molar-refractivity contribution in [3.63, 3.8) is 0 Å². The summed E-state index contributed by atoms with van der Waals surface area (Å²) in [5.41, 5.74) is -1.26. The van der Waals surface area contributed by atoms with Crippen LogP contribution in [0.1, 0.15) is 35.3 Å². The first-order valence-corrected chi connectivity index (χ1v) is 10.0. The van der Waals surface area contributed by atoms with Crippen LogP contribution in [0.25, 0.3) is 11.4 Å². The predicted molar refractivity (Wildman–Crippen MR) is 104 cm³/mol. The first-order chi connectivity index (χ1) is 14.8. The van der Waals surface area contributed by atoms with Gasteiger partial charge in [-0.2, -0.15) is 0 Å². The summed E-state index contributed by atoms with van der Waals surface area (Å²) in [6.07, 6.45) is 1.62. The monoisotopic (exact) mass is 430 g/mol. The van der Waals surface area contributed by atoms with Crippen molar-refractivity contribution >= 4 is 17.3 Å². The van der Waals surface area contributed by atoms with Gasteiger partial charge in [0.1, 0.15) is 28.9 Å². The second-order valence-corrected chi connectivity index (χ2v) is 7.95. The Morgan fingerprint density at radius 3 is 2.29 bits per heavy atom. The number of rotatable bonds is 6. The van der Waals surface area contributed by atoms with Crippen LogP contribution in [-0.4, -0.2) is 41.0 Å². The van der Waals surface area contributed by atoms with Crippen LogP contribution in [0.15, 0.2) is 23.0 Å². The van der Waals surface area contributed by atoms with E-state index in [0.717, 1.165) is 12.1 Å². The van der Waals surface area contributed by atoms with Crippen LogP contribution in [0, 0.1) is 29.4 Å². The molecule has 162 valence electrons. The van der Waals surface area contributed by atoms with Gasteiger partial charge in [0.05, 0.1) is 12.3 Å². The number of fused-ring (bicyclic) bond motifs is 2. The number of carbonyl (C=O) groups is 3. The summed E-state index contributed by atoms with van der Waals surface area (Å²) in [5, 5.41) is 0. The van der Waals surface area contributed by atoms with Gasteiger partial charge >= 0.3 is 0 Å². The van der Waals surface area contributed by atoms with Crippen LogP contribution in [-0.2, 0) is 20.7 Å². The molecule has 7 nitrogen and oxygen atoms in total. The van der Waals surface area contributed by atoms with E-state index in [9.17, 15) is 28.0 Å². The molecule has 1 aromatic heterocycles. The first kappa shape index (κ1) is 21.2. The number of aromatic nitrogens is 2. The van der Waals surface area contributed by atoms with E-state index in [0.29, 0.717) is 25.3 Å². The molecule has 0 saturated heterocycles. The molecule has 1 aromatic carbocycles. The normalized spacial score (nSPS) is 22.7. The molecule has 2 saturated carbocycles. The lowest BCUT2D eigenvalue weighted by molar-refractivity contribution is -0.137. The topological polar surface area (TPSA) is 106 Å². The zero-order valence-electron chi connectivity index (χ0n) is 16.7. The molecule has 9 heteroatoms. The summed E-state index contributed by atoms with van der Waals surface area (Å²) in [4.78, 5) is 58.2. The van der Waals surface area contributed by atoms with Crippen molar-refractivity contribution < 1.29 is 27.9 Å². The molecule has 0 aliphatic heterocycles. The number of hydrogen-bond donors (Lipinski definition) is 1. The third kappa shape index (κ3) is 3.85. The molecule has 4 rings (SSSR count). The summed E-state index contributed by atoms with van der Waals surface area (Å²) in [6.45, 7) is 0.103. The van der Waals surface area contributed by atoms with E-state index in [4.69, 9.17) is 4.74 Å². The Morgan fingerprint density at radius 1 is 1.10 bits per heavy atom. The molecular weight excluding hydrogens is 410 g/mol. The van der Waals surface area contributed by atoms with Gasteiger partial charge in [-0.25, -0.2) is 13.8 Å². The Hall–Kier alpha value is -3.07. The number of hydrogen-bond acceptors (Lipinski definition) is 6. The molecular formula is C22H20F2N2O5. The van der Waals surface area contributed by atoms with E-state index in [1.54, 1.807) is 0 Å². The summed E-state index contributed by atoms with van der Waals surface area (Å²) in [7, 11) is 1.42. The maximum Gasteiger partial charge on any atom is 0.262 e. The zero-order valence-corrected chi connectivity index (χ0v) is 16.7. The number of H-pyrrole nitrogens is 1. The van der Waals surface area contributed by atoms with Crippen molar-refractivity contribution in [2.45, 2.75) is 25.7 Å². The number of nitrogens with zero attached hydrogens (tertiary/aromatic N) is 1. The van der Waals surface area contributed by atoms with Gasteiger partial charge in [-0.15, -0.1) is 0 Å². The third-order valence-electron chi connectivity index (χ3n) is 5.99. The summed E-state index contributed by atoms with van der Waals surface area (Å²) >= 11 is 0. The van der Waals surface area contributed by atoms with E-state index in [-0.39, 0.29) is 47.5 Å². The maximum atomic E-state index is 13.6. The highest BCUT2D eigenvalue weighted by Gasteiger charge is 2.50. The maximum absolute atomic E-state index is 13.6. The number of Topliss-reactive ketones (excluding diaryl/α,β-unsaturated/α-hetero) is 3. The highest BCUT2D eigenvalue weighted by Crippen LogP contribution is 2.41. The van der Waals surface area contributed by atoms with Crippen molar-refractivity contribution in [1.82, 2.24) is 9.97 Å². The molecule has 1 heterocycles. The molecule has 2 aliphatic carbocycles. The Kier molecular flexibility index (Phi) is 5.62. The highest BCUT2D eigenvalue weighted by molar-refractivity contribution is 6.26. The van der Waals surface area contributed by atoms with Gasteiger partial charge in [-0.05, 0) is 31.4 Å². The molecule has 2 unspecified atom stereocenters. The van der Waals surface area contributed by atoms with Gasteiger partial charge in [0.15, 0.2) is 17.3 Å². The summed E-state index contributed by atoms with van der Waals surface area (Å²) < 4.78 is 32.3. The minimum absolute atomic E-state index is 0.00814. The quantitative estimate of drug-likeness (QED) is 0.557. The molecule has 2 atom stereocenters. The van der Waals surface area contributed by atoms with E-state index in [1.807, 2.05) is 0 Å². The van der Waals surface area contributed by atoms with Crippen LogP contribution >= 0.6 is 0 Å². The minimum atomic E-state index is -1.51. The lowest BCUT2D eigenvalue weighted by Gasteiger charge is -2.24. The average molecular weight is 430 g/mol. The Morgan fingerprint density at radius 2 is 1.71 bits per heavy atom. The molecule has 31 heavy (non-hydrogen) atoms. The fraction of sp³-hybridized carbons (Fsp3) is 0.409. The van der Waals surface area contributed by atoms with Gasteiger partial charge in [0.25, 0.3) is 5.56 Å². The SMILES string of the molecule is COCCc1nc(-c2cc(F)cc(F)c2)[nH]c(=O)c1C(=O)C1C(=O)C2CCC(C2)C1=O. The van der Waals surface area contributed by atoms with E-state index in [2.05, 4.69) is 9.97 Å². The number of ether oxygens (including phenoxy) is 1. The number of carbonyl (C=O) groups excluding carboxylic acids is 3. The van der Waals surface area contributed by atoms with Crippen molar-refractivity contribution in [3.8, 4) is 11.4 Å². The van der Waals surface area contributed by atoms with E-state index in [1.165, 1.54) is 7.11 Å². The summed E-state index contributed by atoms with van der Waals surface area (Å²) in [6, 6.07) is 2.67. The molecule has 2 aliphatic rings. The van der Waals surface area contributed by atoms with Crippen LogP contribution in [0.3, 0.4) is 0 Å². The predicted octanol–water partition coefficient (Wildman–Crippen LogP) is 2.27. The lowest BCUT2D eigenvalue weighted by Crippen LogP contribution is -2.43. The summed E-state index contributed by atoms with van der Waals surface area (Å²) in [5.74, 6) is -5.81. The van der Waals surface area contributed by atoms with Crippen LogP contribution in [0.5, 0.6) is 0 Å². The number of halogens is 2. The number of aromatic amines is 1. The smallest absolute Gasteiger partial charge is 0.262 e. The van der Waals surface area contributed by atoms with E-state index >= 15 is 0 Å². The molecule has 2 fully saturated rings. The standard InChI is InChI=1S/C22H20F2N2O5/c1-31-5-4-15-16(20(29)17-18(27)10-2-3-11(6-10)19(17)28)22(30)26-21(25-15)12-7-13(23)9-14(24)8-12/h7-11,17H,2-6H2,1H3,(H,25,26,30). The fourth-order valence-electron chi connectivity index (χ4n) is 4.49. The Balaban J connectivity index is 1.80. The number of nitrogens with one attached hydrogen (secondary N) is 1. The van der Waals surface area contributed by atoms with E-state index < -0.39 is 40.5 Å². The Bertz CT molecular complexity index is 1100. The van der Waals surface area contributed by atoms with Crippen molar-refractivity contribution in [3.05, 3.63) is 51.4 Å². The van der Waals surface area contributed by atoms with Gasteiger partial charge in [-0.3, -0.25) is 19.2 Å². The van der Waals surface area contributed by atoms with Crippen LogP contribution < -0.4 is 5.56 Å². The first-order valence-electron chi connectivity index (χ1n) is 10.0. The van der Waals surface area contributed by atoms with Crippen LogP contribution in [0.2, 0.25) is 0 Å². The lowest BCUT2D eigenvalue weighted by atomic mass is 9.75. The molecule has 2 bridgehead atoms. The second kappa shape index (κ2) is 8.22. The third-order valence-corrected chi connectivity index (χ3v) is 5.99. The van der Waals surface area contributed by atoms with Crippen molar-refractivity contribution in [2.24, 2.45) is 17.8 Å². The van der Waals surface area contributed by atoms with Gasteiger partial charge < -0.3 is 9.72 Å². The van der Waals surface area contributed by atoms with Gasteiger partial charge in [0, 0.05) is 37.0 Å². The number of ketones is 3. The number of benzene rings is 1. The van der Waals surface area contributed by atoms with Crippen LogP contribution in [0.4, 0.5) is 8.78 Å². The zero-order chi connectivity index (χ0) is 22.3. The van der Waals surface area contributed by atoms with Crippen molar-refractivity contribution in [2.75, 3.05) is 13.7 Å². The van der Waals surface area contributed by atoms with Gasteiger partial charge in [0.2, 0.25) is 0 Å². The Labute approximate surface area is 175 Å². The molecule has 0 amide bonds. The molecule has 1 N–H and O–H groups in total. The average Bonchev–Trinajstić information content (AvgIpc) is 3.17. The number of methoxy groups -OCH3 is 1. The molecule has 0 spiro atoms. The molecule has 0 radical (unpaired) electrons. The molecule has 2 aromatic rings. The minimum Gasteiger partial charge on any atom is -0.384 e. The fourth-order valence-corrected chi connectivity index (χ4v) is 4.49. The van der Waals surface area contributed by atoms with Gasteiger partial charge in [-0.1, -0.05) is 0 Å². The second-order valence-electron chi connectivity index (χ2n) is 7.95.